The Labute approximate surface area is 109 Å². The molecule has 0 bridgehead atoms. The Morgan fingerprint density at radius 3 is 2.12 bits per heavy atom. The van der Waals surface area contributed by atoms with Crippen molar-refractivity contribution in [3.63, 3.8) is 0 Å². The number of amides is 1. The zero-order valence-electron chi connectivity index (χ0n) is 11.4. The fourth-order valence-electron chi connectivity index (χ4n) is 1.61. The molecule has 0 aliphatic carbocycles. The molecule has 5 heteroatoms. The third-order valence-electron chi connectivity index (χ3n) is 3.20. The largest absolute Gasteiger partial charge is 0.391 e. The number of hydrogen-bond donors (Lipinski definition) is 2. The minimum absolute atomic E-state index is 0.0895. The third-order valence-corrected chi connectivity index (χ3v) is 3.59. The average molecular weight is 260 g/mol. The maximum atomic E-state index is 11.9. The zero-order chi connectivity index (χ0) is 13.7. The van der Waals surface area contributed by atoms with E-state index < -0.39 is 11.1 Å². The lowest BCUT2D eigenvalue weighted by molar-refractivity contribution is -0.127. The van der Waals surface area contributed by atoms with Crippen LogP contribution in [0.5, 0.6) is 0 Å². The molecule has 17 heavy (non-hydrogen) atoms. The highest BCUT2D eigenvalue weighted by Gasteiger charge is 2.33. The summed E-state index contributed by atoms with van der Waals surface area (Å²) in [7, 11) is 1.59. The Hall–Kier alpha value is -0.680. The second kappa shape index (κ2) is 6.31. The Morgan fingerprint density at radius 1 is 1.35 bits per heavy atom. The van der Waals surface area contributed by atoms with Gasteiger partial charge in [-0.2, -0.15) is 0 Å². The van der Waals surface area contributed by atoms with Crippen LogP contribution < -0.4 is 11.1 Å². The normalized spacial score (nSPS) is 12.3. The van der Waals surface area contributed by atoms with Crippen LogP contribution in [0.2, 0.25) is 0 Å². The number of ether oxygens (including phenoxy) is 1. The molecule has 0 heterocycles. The summed E-state index contributed by atoms with van der Waals surface area (Å²) in [5.41, 5.74) is 4.67. The lowest BCUT2D eigenvalue weighted by Crippen LogP contribution is -2.56. The van der Waals surface area contributed by atoms with Gasteiger partial charge in [0.15, 0.2) is 0 Å². The molecule has 3 N–H and O–H groups in total. The molecule has 0 saturated carbocycles. The monoisotopic (exact) mass is 260 g/mol. The Morgan fingerprint density at radius 2 is 1.82 bits per heavy atom. The summed E-state index contributed by atoms with van der Waals surface area (Å²) in [6, 6.07) is 0. The van der Waals surface area contributed by atoms with E-state index in [1.165, 1.54) is 0 Å². The summed E-state index contributed by atoms with van der Waals surface area (Å²) in [5.74, 6) is -0.0895. The average Bonchev–Trinajstić information content (AvgIpc) is 2.25. The molecule has 0 rings (SSSR count). The first-order valence-electron chi connectivity index (χ1n) is 5.89. The van der Waals surface area contributed by atoms with Gasteiger partial charge in [0.05, 0.1) is 22.5 Å². The first-order chi connectivity index (χ1) is 7.73. The Kier molecular flexibility index (Phi) is 6.05. The van der Waals surface area contributed by atoms with E-state index in [1.54, 1.807) is 7.11 Å². The molecule has 0 aliphatic heterocycles. The minimum atomic E-state index is -0.573. The first-order valence-corrected chi connectivity index (χ1v) is 6.30. The number of hydrogen-bond acceptors (Lipinski definition) is 3. The maximum absolute atomic E-state index is 11.9. The Balaban J connectivity index is 4.69. The van der Waals surface area contributed by atoms with E-state index in [4.69, 9.17) is 22.7 Å². The van der Waals surface area contributed by atoms with Gasteiger partial charge >= 0.3 is 0 Å². The molecule has 0 atom stereocenters. The number of nitrogens with two attached hydrogens (primary N) is 1. The van der Waals surface area contributed by atoms with Gasteiger partial charge in [0, 0.05) is 7.11 Å². The first kappa shape index (κ1) is 16.3. The second-order valence-corrected chi connectivity index (χ2v) is 5.28. The van der Waals surface area contributed by atoms with Crippen molar-refractivity contribution in [2.45, 2.75) is 58.1 Å². The molecule has 4 nitrogen and oxygen atoms in total. The van der Waals surface area contributed by atoms with Crippen LogP contribution in [0.25, 0.3) is 0 Å². The summed E-state index contributed by atoms with van der Waals surface area (Å²) < 4.78 is 5.23. The molecular formula is C12H24N2O2S. The van der Waals surface area contributed by atoms with Gasteiger partial charge in [-0.25, -0.2) is 0 Å². The number of rotatable bonds is 7. The predicted molar refractivity (Wildman–Crippen MR) is 73.9 cm³/mol. The number of nitrogens with one attached hydrogen (secondary N) is 1. The van der Waals surface area contributed by atoms with Gasteiger partial charge < -0.3 is 15.8 Å². The van der Waals surface area contributed by atoms with E-state index in [1.807, 2.05) is 27.7 Å². The van der Waals surface area contributed by atoms with Crippen molar-refractivity contribution in [1.82, 2.24) is 5.32 Å². The lowest BCUT2D eigenvalue weighted by Gasteiger charge is -2.33. The quantitative estimate of drug-likeness (QED) is 0.685. The van der Waals surface area contributed by atoms with E-state index in [-0.39, 0.29) is 12.3 Å². The highest BCUT2D eigenvalue weighted by molar-refractivity contribution is 7.80. The van der Waals surface area contributed by atoms with Gasteiger partial charge in [-0.05, 0) is 26.7 Å². The minimum Gasteiger partial charge on any atom is -0.391 e. The van der Waals surface area contributed by atoms with Gasteiger partial charge in [-0.3, -0.25) is 4.79 Å². The predicted octanol–water partition coefficient (Wildman–Crippen LogP) is 1.76. The lowest BCUT2D eigenvalue weighted by atomic mass is 9.92. The van der Waals surface area contributed by atoms with Gasteiger partial charge in [-0.1, -0.05) is 26.1 Å². The fraction of sp³-hybridized carbons (Fsp3) is 0.833. The van der Waals surface area contributed by atoms with Crippen molar-refractivity contribution in [2.75, 3.05) is 7.11 Å². The van der Waals surface area contributed by atoms with Crippen molar-refractivity contribution < 1.29 is 9.53 Å². The molecule has 0 aromatic heterocycles. The number of thiocarbonyl (C=S) groups is 1. The standard InChI is InChI=1S/C12H24N2O2S/c1-6-12(7-2,10(13)17)14-9(15)8-11(3,4)16-5/h6-8H2,1-5H3,(H2,13,17)(H,14,15). The van der Waals surface area contributed by atoms with Crippen LogP contribution in [0.3, 0.4) is 0 Å². The van der Waals surface area contributed by atoms with E-state index in [0.717, 1.165) is 0 Å². The molecule has 0 aromatic rings. The molecule has 1 amide bonds. The number of carbonyl (C=O) groups is 1. The van der Waals surface area contributed by atoms with Crippen LogP contribution in [0, 0.1) is 0 Å². The van der Waals surface area contributed by atoms with Crippen LogP contribution in [0.4, 0.5) is 0 Å². The molecule has 0 aromatic carbocycles. The zero-order valence-corrected chi connectivity index (χ0v) is 12.2. The molecular weight excluding hydrogens is 236 g/mol. The van der Waals surface area contributed by atoms with Crippen molar-refractivity contribution in [2.24, 2.45) is 5.73 Å². The molecule has 0 fully saturated rings. The summed E-state index contributed by atoms with van der Waals surface area (Å²) in [6.07, 6.45) is 1.67. The third kappa shape index (κ3) is 4.60. The molecule has 0 saturated heterocycles. The molecule has 0 spiro atoms. The highest BCUT2D eigenvalue weighted by Crippen LogP contribution is 2.18. The van der Waals surface area contributed by atoms with Crippen LogP contribution in [-0.4, -0.2) is 29.1 Å². The summed E-state index contributed by atoms with van der Waals surface area (Å²) in [5, 5.41) is 2.93. The van der Waals surface area contributed by atoms with E-state index in [2.05, 4.69) is 5.32 Å². The fourth-order valence-corrected chi connectivity index (χ4v) is 1.95. The van der Waals surface area contributed by atoms with E-state index in [0.29, 0.717) is 17.8 Å². The van der Waals surface area contributed by atoms with E-state index in [9.17, 15) is 4.79 Å². The summed E-state index contributed by atoms with van der Waals surface area (Å²) in [4.78, 5) is 12.3. The molecule has 0 unspecified atom stereocenters. The van der Waals surface area contributed by atoms with Crippen molar-refractivity contribution in [3.05, 3.63) is 0 Å². The summed E-state index contributed by atoms with van der Waals surface area (Å²) in [6.45, 7) is 7.66. The smallest absolute Gasteiger partial charge is 0.223 e. The van der Waals surface area contributed by atoms with Crippen molar-refractivity contribution in [3.8, 4) is 0 Å². The number of methoxy groups -OCH3 is 1. The maximum Gasteiger partial charge on any atom is 0.223 e. The van der Waals surface area contributed by atoms with Crippen LogP contribution in [-0.2, 0) is 9.53 Å². The number of carbonyl (C=O) groups excluding carboxylic acids is 1. The molecule has 0 aliphatic rings. The highest BCUT2D eigenvalue weighted by atomic mass is 32.1. The Bertz CT molecular complexity index is 286. The second-order valence-electron chi connectivity index (χ2n) is 4.84. The van der Waals surface area contributed by atoms with Gasteiger partial charge in [0.2, 0.25) is 5.91 Å². The summed E-state index contributed by atoms with van der Waals surface area (Å²) >= 11 is 5.05. The van der Waals surface area contributed by atoms with Crippen molar-refractivity contribution >= 4 is 23.1 Å². The van der Waals surface area contributed by atoms with Gasteiger partial charge in [-0.15, -0.1) is 0 Å². The SMILES string of the molecule is CCC(CC)(NC(=O)CC(C)(C)OC)C(N)=S. The topological polar surface area (TPSA) is 64.3 Å². The van der Waals surface area contributed by atoms with Crippen LogP contribution in [0.15, 0.2) is 0 Å². The van der Waals surface area contributed by atoms with E-state index >= 15 is 0 Å². The molecule has 0 radical (unpaired) electrons. The van der Waals surface area contributed by atoms with Gasteiger partial charge in [0.25, 0.3) is 0 Å². The van der Waals surface area contributed by atoms with Crippen LogP contribution in [0.1, 0.15) is 47.0 Å². The van der Waals surface area contributed by atoms with Crippen molar-refractivity contribution in [1.29, 1.82) is 0 Å². The van der Waals surface area contributed by atoms with Crippen LogP contribution >= 0.6 is 12.2 Å². The van der Waals surface area contributed by atoms with Gasteiger partial charge in [0.1, 0.15) is 0 Å². The molecule has 100 valence electrons.